The molecule has 0 bridgehead atoms. The van der Waals surface area contributed by atoms with Crippen molar-refractivity contribution in [1.29, 1.82) is 0 Å². The first-order valence-electron chi connectivity index (χ1n) is 6.26. The SMILES string of the molecule is CC(C)SC#Cc1cccc(S(=O)(=O)NC2CC2)c1. The smallest absolute Gasteiger partial charge is 0.208 e. The third-order valence-electron chi connectivity index (χ3n) is 2.53. The van der Waals surface area contributed by atoms with Gasteiger partial charge in [-0.3, -0.25) is 0 Å². The summed E-state index contributed by atoms with van der Waals surface area (Å²) >= 11 is 1.53. The Morgan fingerprint density at radius 3 is 2.74 bits per heavy atom. The van der Waals surface area contributed by atoms with Crippen LogP contribution in [-0.2, 0) is 10.0 Å². The Hall–Kier alpha value is -0.960. The molecule has 1 aromatic rings. The second kappa shape index (κ2) is 6.00. The number of thioether (sulfide) groups is 1. The number of hydrogen-bond acceptors (Lipinski definition) is 3. The summed E-state index contributed by atoms with van der Waals surface area (Å²) in [7, 11) is -3.39. The van der Waals surface area contributed by atoms with Crippen molar-refractivity contribution in [2.45, 2.75) is 42.9 Å². The zero-order valence-electron chi connectivity index (χ0n) is 11.0. The first kappa shape index (κ1) is 14.4. The molecule has 3 nitrogen and oxygen atoms in total. The average molecular weight is 295 g/mol. The van der Waals surface area contributed by atoms with Crippen LogP contribution in [0, 0.1) is 11.2 Å². The molecule has 0 saturated heterocycles. The molecular weight excluding hydrogens is 278 g/mol. The topological polar surface area (TPSA) is 46.2 Å². The van der Waals surface area contributed by atoms with Gasteiger partial charge in [0.2, 0.25) is 10.0 Å². The van der Waals surface area contributed by atoms with E-state index in [0.717, 1.165) is 18.4 Å². The van der Waals surface area contributed by atoms with Crippen LogP contribution in [0.2, 0.25) is 0 Å². The molecule has 1 aliphatic carbocycles. The van der Waals surface area contributed by atoms with Crippen molar-refractivity contribution in [3.63, 3.8) is 0 Å². The maximum absolute atomic E-state index is 12.1. The molecule has 0 unspecified atom stereocenters. The number of hydrogen-bond donors (Lipinski definition) is 1. The van der Waals surface area contributed by atoms with Crippen molar-refractivity contribution in [3.05, 3.63) is 29.8 Å². The molecule has 102 valence electrons. The van der Waals surface area contributed by atoms with Gasteiger partial charge in [0.05, 0.1) is 4.90 Å². The van der Waals surface area contributed by atoms with E-state index in [-0.39, 0.29) is 6.04 Å². The maximum atomic E-state index is 12.1. The minimum absolute atomic E-state index is 0.122. The van der Waals surface area contributed by atoms with E-state index in [9.17, 15) is 8.42 Å². The molecule has 5 heteroatoms. The summed E-state index contributed by atoms with van der Waals surface area (Å²) in [5, 5.41) is 3.43. The van der Waals surface area contributed by atoms with Crippen LogP contribution in [0.1, 0.15) is 32.3 Å². The van der Waals surface area contributed by atoms with Gasteiger partial charge in [-0.1, -0.05) is 37.6 Å². The number of rotatable bonds is 4. The summed E-state index contributed by atoms with van der Waals surface area (Å²) in [4.78, 5) is 0.292. The van der Waals surface area contributed by atoms with Crippen molar-refractivity contribution in [2.75, 3.05) is 0 Å². The van der Waals surface area contributed by atoms with Crippen LogP contribution >= 0.6 is 11.8 Å². The summed E-state index contributed by atoms with van der Waals surface area (Å²) in [6, 6.07) is 6.90. The Labute approximate surface area is 119 Å². The molecule has 2 rings (SSSR count). The van der Waals surface area contributed by atoms with E-state index < -0.39 is 10.0 Å². The van der Waals surface area contributed by atoms with Crippen LogP contribution in [0.3, 0.4) is 0 Å². The molecule has 1 aliphatic rings. The van der Waals surface area contributed by atoms with Crippen LogP contribution in [0.25, 0.3) is 0 Å². The monoisotopic (exact) mass is 295 g/mol. The van der Waals surface area contributed by atoms with Crippen LogP contribution in [0.5, 0.6) is 0 Å². The number of nitrogens with one attached hydrogen (secondary N) is 1. The van der Waals surface area contributed by atoms with Gasteiger partial charge in [-0.2, -0.15) is 0 Å². The normalized spacial score (nSPS) is 15.1. The van der Waals surface area contributed by atoms with Gasteiger partial charge >= 0.3 is 0 Å². The van der Waals surface area contributed by atoms with Crippen LogP contribution in [-0.4, -0.2) is 19.7 Å². The van der Waals surface area contributed by atoms with Gasteiger partial charge in [0, 0.05) is 16.9 Å². The highest BCUT2D eigenvalue weighted by atomic mass is 32.2. The van der Waals surface area contributed by atoms with Gasteiger partial charge in [-0.15, -0.1) is 0 Å². The molecule has 1 N–H and O–H groups in total. The van der Waals surface area contributed by atoms with Crippen LogP contribution in [0.15, 0.2) is 29.2 Å². The van der Waals surface area contributed by atoms with Gasteiger partial charge in [-0.25, -0.2) is 13.1 Å². The molecule has 0 heterocycles. The van der Waals surface area contributed by atoms with Crippen LogP contribution < -0.4 is 4.72 Å². The molecule has 0 spiro atoms. The highest BCUT2D eigenvalue weighted by Crippen LogP contribution is 2.22. The number of sulfonamides is 1. The van der Waals surface area contributed by atoms with Gasteiger partial charge in [0.15, 0.2) is 0 Å². The molecule has 0 radical (unpaired) electrons. The Morgan fingerprint density at radius 1 is 1.37 bits per heavy atom. The van der Waals surface area contributed by atoms with Crippen molar-refractivity contribution in [1.82, 2.24) is 4.72 Å². The van der Waals surface area contributed by atoms with E-state index in [4.69, 9.17) is 0 Å². The van der Waals surface area contributed by atoms with Gasteiger partial charge in [-0.05, 0) is 36.3 Å². The van der Waals surface area contributed by atoms with Crippen molar-refractivity contribution in [2.24, 2.45) is 0 Å². The Balaban J connectivity index is 2.15. The summed E-state index contributed by atoms with van der Waals surface area (Å²) in [5.74, 6) is 2.98. The third kappa shape index (κ3) is 4.57. The van der Waals surface area contributed by atoms with Crippen molar-refractivity contribution < 1.29 is 8.42 Å². The highest BCUT2D eigenvalue weighted by molar-refractivity contribution is 8.04. The van der Waals surface area contributed by atoms with Crippen LogP contribution in [0.4, 0.5) is 0 Å². The van der Waals surface area contributed by atoms with E-state index in [2.05, 4.69) is 29.7 Å². The predicted octanol–water partition coefficient (Wildman–Crippen LogP) is 2.58. The first-order valence-corrected chi connectivity index (χ1v) is 8.63. The fourth-order valence-corrected chi connectivity index (χ4v) is 3.20. The zero-order chi connectivity index (χ0) is 13.9. The van der Waals surface area contributed by atoms with E-state index in [1.807, 2.05) is 6.07 Å². The molecule has 1 aromatic carbocycles. The van der Waals surface area contributed by atoms with Gasteiger partial charge in [0.1, 0.15) is 0 Å². The second-order valence-corrected chi connectivity index (χ2v) is 7.91. The van der Waals surface area contributed by atoms with E-state index in [1.54, 1.807) is 18.2 Å². The molecule has 19 heavy (non-hydrogen) atoms. The average Bonchev–Trinajstić information content (AvgIpc) is 3.12. The Morgan fingerprint density at radius 2 is 2.11 bits per heavy atom. The fraction of sp³-hybridized carbons (Fsp3) is 0.429. The molecule has 0 amide bonds. The third-order valence-corrected chi connectivity index (χ3v) is 4.74. The Kier molecular flexibility index (Phi) is 4.56. The lowest BCUT2D eigenvalue weighted by atomic mass is 10.2. The van der Waals surface area contributed by atoms with E-state index in [0.29, 0.717) is 10.1 Å². The zero-order valence-corrected chi connectivity index (χ0v) is 12.6. The second-order valence-electron chi connectivity index (χ2n) is 4.82. The first-order chi connectivity index (χ1) is 8.97. The lowest BCUT2D eigenvalue weighted by Gasteiger charge is -2.05. The van der Waals surface area contributed by atoms with E-state index >= 15 is 0 Å². The molecule has 1 fully saturated rings. The lowest BCUT2D eigenvalue weighted by molar-refractivity contribution is 0.581. The minimum Gasteiger partial charge on any atom is -0.208 e. The lowest BCUT2D eigenvalue weighted by Crippen LogP contribution is -2.25. The summed E-state index contributed by atoms with van der Waals surface area (Å²) in [6.07, 6.45) is 1.87. The predicted molar refractivity (Wildman–Crippen MR) is 79.4 cm³/mol. The maximum Gasteiger partial charge on any atom is 0.240 e. The summed E-state index contributed by atoms with van der Waals surface area (Å²) < 4.78 is 26.8. The summed E-state index contributed by atoms with van der Waals surface area (Å²) in [6.45, 7) is 4.14. The molecule has 1 saturated carbocycles. The highest BCUT2D eigenvalue weighted by Gasteiger charge is 2.27. The fourth-order valence-electron chi connectivity index (χ4n) is 1.44. The van der Waals surface area contributed by atoms with Crippen molar-refractivity contribution >= 4 is 21.8 Å². The Bertz CT molecular complexity index is 608. The largest absolute Gasteiger partial charge is 0.240 e. The standard InChI is InChI=1S/C14H17NO2S2/c1-11(2)18-9-8-12-4-3-5-14(10-12)19(16,17)15-13-6-7-13/h3-5,10-11,13,15H,6-7H2,1-2H3. The van der Waals surface area contributed by atoms with Crippen molar-refractivity contribution in [3.8, 4) is 11.2 Å². The number of benzene rings is 1. The molecular formula is C14H17NO2S2. The van der Waals surface area contributed by atoms with Gasteiger partial charge in [0.25, 0.3) is 0 Å². The molecule has 0 aliphatic heterocycles. The van der Waals surface area contributed by atoms with E-state index in [1.165, 1.54) is 11.8 Å². The molecule has 0 aromatic heterocycles. The molecule has 0 atom stereocenters. The van der Waals surface area contributed by atoms with Gasteiger partial charge < -0.3 is 0 Å². The minimum atomic E-state index is -3.39. The quantitative estimate of drug-likeness (QED) is 0.868. The summed E-state index contributed by atoms with van der Waals surface area (Å²) in [5.41, 5.74) is 0.729.